The number of hydrogen-bond donors (Lipinski definition) is 2. The summed E-state index contributed by atoms with van der Waals surface area (Å²) in [5.74, 6) is -0.246. The molecule has 0 saturated carbocycles. The van der Waals surface area contributed by atoms with Crippen molar-refractivity contribution >= 4 is 23.2 Å². The fourth-order valence-electron chi connectivity index (χ4n) is 3.40. The Hall–Kier alpha value is -2.31. The molecule has 1 aliphatic rings. The lowest BCUT2D eigenvalue weighted by molar-refractivity contribution is 0.0950. The molecule has 1 aromatic heterocycles. The quantitative estimate of drug-likeness (QED) is 0.843. The zero-order valence-electron chi connectivity index (χ0n) is 15.8. The summed E-state index contributed by atoms with van der Waals surface area (Å²) in [6.07, 6.45) is 0. The molecule has 1 aliphatic heterocycles. The first-order chi connectivity index (χ1) is 12.9. The van der Waals surface area contributed by atoms with E-state index in [1.165, 1.54) is 0 Å². The predicted molar refractivity (Wildman–Crippen MR) is 107 cm³/mol. The van der Waals surface area contributed by atoms with Gasteiger partial charge < -0.3 is 19.9 Å². The van der Waals surface area contributed by atoms with Crippen molar-refractivity contribution in [1.29, 1.82) is 0 Å². The summed E-state index contributed by atoms with van der Waals surface area (Å²) in [7, 11) is 0. The summed E-state index contributed by atoms with van der Waals surface area (Å²) in [6, 6.07) is 5.44. The van der Waals surface area contributed by atoms with Gasteiger partial charge in [0, 0.05) is 47.2 Å². The third kappa shape index (κ3) is 4.34. The minimum atomic E-state index is -0.246. The molecule has 144 valence electrons. The van der Waals surface area contributed by atoms with Crippen LogP contribution in [0.5, 0.6) is 0 Å². The second kappa shape index (κ2) is 8.15. The maximum absolute atomic E-state index is 12.8. The molecule has 3 rings (SSSR count). The van der Waals surface area contributed by atoms with Gasteiger partial charge in [-0.15, -0.1) is 0 Å². The maximum Gasteiger partial charge on any atom is 0.253 e. The molecule has 27 heavy (non-hydrogen) atoms. The Balaban J connectivity index is 1.83. The van der Waals surface area contributed by atoms with Crippen molar-refractivity contribution < 1.29 is 9.53 Å². The summed E-state index contributed by atoms with van der Waals surface area (Å²) in [5.41, 5.74) is 4.37. The molecule has 0 aliphatic carbocycles. The van der Waals surface area contributed by atoms with Gasteiger partial charge in [-0.1, -0.05) is 11.6 Å². The number of aromatic amines is 1. The summed E-state index contributed by atoms with van der Waals surface area (Å²) in [5, 5.41) is 3.36. The molecule has 1 fully saturated rings. The molecule has 1 aromatic carbocycles. The number of hydrogen-bond acceptors (Lipinski definition) is 4. The van der Waals surface area contributed by atoms with Crippen LogP contribution < -0.4 is 15.8 Å². The van der Waals surface area contributed by atoms with E-state index in [1.807, 2.05) is 32.9 Å². The average molecular weight is 390 g/mol. The van der Waals surface area contributed by atoms with Gasteiger partial charge in [0.1, 0.15) is 0 Å². The highest BCUT2D eigenvalue weighted by molar-refractivity contribution is 6.31. The number of aryl methyl sites for hydroxylation is 2. The van der Waals surface area contributed by atoms with Gasteiger partial charge in [-0.05, 0) is 50.1 Å². The van der Waals surface area contributed by atoms with Crippen LogP contribution in [-0.4, -0.2) is 37.2 Å². The molecule has 0 radical (unpaired) electrons. The van der Waals surface area contributed by atoms with Crippen molar-refractivity contribution in [2.24, 2.45) is 0 Å². The number of amides is 1. The molecule has 1 saturated heterocycles. The molecule has 2 N–H and O–H groups in total. The topological polar surface area (TPSA) is 74.4 Å². The van der Waals surface area contributed by atoms with Gasteiger partial charge in [-0.25, -0.2) is 0 Å². The van der Waals surface area contributed by atoms with Crippen LogP contribution in [0.25, 0.3) is 0 Å². The summed E-state index contributed by atoms with van der Waals surface area (Å²) < 4.78 is 5.40. The normalized spacial score (nSPS) is 14.3. The van der Waals surface area contributed by atoms with Crippen LogP contribution in [-0.2, 0) is 11.3 Å². The fourth-order valence-corrected chi connectivity index (χ4v) is 3.61. The number of rotatable bonds is 4. The van der Waals surface area contributed by atoms with E-state index < -0.39 is 0 Å². The van der Waals surface area contributed by atoms with Gasteiger partial charge >= 0.3 is 0 Å². The zero-order chi connectivity index (χ0) is 19.6. The second-order valence-corrected chi connectivity index (χ2v) is 7.26. The molecule has 1 amide bonds. The lowest BCUT2D eigenvalue weighted by Gasteiger charge is -2.31. The number of carbonyl (C=O) groups excluding carboxylic acids is 1. The van der Waals surface area contributed by atoms with Crippen LogP contribution in [0, 0.1) is 20.8 Å². The monoisotopic (exact) mass is 389 g/mol. The number of carbonyl (C=O) groups is 1. The number of nitrogens with zero attached hydrogens (tertiary/aromatic N) is 1. The molecule has 2 heterocycles. The van der Waals surface area contributed by atoms with Crippen LogP contribution in [0.4, 0.5) is 5.69 Å². The number of morpholine rings is 1. The Labute approximate surface area is 163 Å². The molecule has 0 atom stereocenters. The summed E-state index contributed by atoms with van der Waals surface area (Å²) in [6.45, 7) is 8.62. The lowest BCUT2D eigenvalue weighted by atomic mass is 10.0. The maximum atomic E-state index is 12.8. The average Bonchev–Trinajstić information content (AvgIpc) is 2.63. The number of pyridine rings is 1. The smallest absolute Gasteiger partial charge is 0.253 e. The Kier molecular flexibility index (Phi) is 5.87. The van der Waals surface area contributed by atoms with Crippen molar-refractivity contribution in [2.45, 2.75) is 27.3 Å². The Morgan fingerprint density at radius 2 is 1.93 bits per heavy atom. The van der Waals surface area contributed by atoms with E-state index in [0.717, 1.165) is 35.6 Å². The van der Waals surface area contributed by atoms with Gasteiger partial charge in [0.25, 0.3) is 11.5 Å². The van der Waals surface area contributed by atoms with Crippen LogP contribution in [0.3, 0.4) is 0 Å². The molecule has 6 nitrogen and oxygen atoms in total. The van der Waals surface area contributed by atoms with Crippen molar-refractivity contribution in [3.63, 3.8) is 0 Å². The van der Waals surface area contributed by atoms with E-state index >= 15 is 0 Å². The zero-order valence-corrected chi connectivity index (χ0v) is 16.6. The van der Waals surface area contributed by atoms with Crippen molar-refractivity contribution in [2.75, 3.05) is 31.2 Å². The van der Waals surface area contributed by atoms with Crippen molar-refractivity contribution in [3.05, 3.63) is 61.5 Å². The first kappa shape index (κ1) is 19.5. The number of anilines is 1. The van der Waals surface area contributed by atoms with E-state index in [1.54, 1.807) is 6.07 Å². The van der Waals surface area contributed by atoms with E-state index in [0.29, 0.717) is 29.4 Å². The van der Waals surface area contributed by atoms with Gasteiger partial charge in [0.05, 0.1) is 13.2 Å². The third-order valence-corrected chi connectivity index (χ3v) is 5.08. The number of benzene rings is 1. The van der Waals surface area contributed by atoms with Crippen LogP contribution in [0.2, 0.25) is 5.02 Å². The standard InChI is InChI=1S/C20H24ClN3O3/c1-12-8-13(2)23-20(26)17(12)11-22-19(25)16-9-15(21)10-18(14(16)3)24-4-6-27-7-5-24/h8-10H,4-7,11H2,1-3H3,(H,22,25)(H,23,26). The largest absolute Gasteiger partial charge is 0.378 e. The Morgan fingerprint density at radius 3 is 2.59 bits per heavy atom. The van der Waals surface area contributed by atoms with Crippen LogP contribution >= 0.6 is 11.6 Å². The Bertz CT molecular complexity index is 917. The van der Waals surface area contributed by atoms with E-state index in [9.17, 15) is 9.59 Å². The van der Waals surface area contributed by atoms with E-state index in [-0.39, 0.29) is 18.0 Å². The summed E-state index contributed by atoms with van der Waals surface area (Å²) >= 11 is 6.28. The number of ether oxygens (including phenoxy) is 1. The van der Waals surface area contributed by atoms with Gasteiger partial charge in [-0.3, -0.25) is 9.59 Å². The summed E-state index contributed by atoms with van der Waals surface area (Å²) in [4.78, 5) is 29.9. The number of aromatic nitrogens is 1. The minimum Gasteiger partial charge on any atom is -0.378 e. The number of halogens is 1. The highest BCUT2D eigenvalue weighted by Gasteiger charge is 2.19. The van der Waals surface area contributed by atoms with Gasteiger partial charge in [-0.2, -0.15) is 0 Å². The van der Waals surface area contributed by atoms with E-state index in [4.69, 9.17) is 16.3 Å². The van der Waals surface area contributed by atoms with Crippen molar-refractivity contribution in [3.8, 4) is 0 Å². The highest BCUT2D eigenvalue weighted by atomic mass is 35.5. The highest BCUT2D eigenvalue weighted by Crippen LogP contribution is 2.28. The first-order valence-electron chi connectivity index (χ1n) is 8.97. The Morgan fingerprint density at radius 1 is 1.22 bits per heavy atom. The molecular formula is C20H24ClN3O3. The fraction of sp³-hybridized carbons (Fsp3) is 0.400. The SMILES string of the molecule is Cc1cc(C)c(CNC(=O)c2cc(Cl)cc(N3CCOCC3)c2C)c(=O)[nH]1. The van der Waals surface area contributed by atoms with E-state index in [2.05, 4.69) is 15.2 Å². The van der Waals surface area contributed by atoms with Crippen LogP contribution in [0.1, 0.15) is 32.7 Å². The predicted octanol–water partition coefficient (Wildman–Crippen LogP) is 2.72. The minimum absolute atomic E-state index is 0.166. The number of H-pyrrole nitrogens is 1. The van der Waals surface area contributed by atoms with Gasteiger partial charge in [0.15, 0.2) is 0 Å². The second-order valence-electron chi connectivity index (χ2n) is 6.82. The number of nitrogens with one attached hydrogen (secondary N) is 2. The molecule has 0 spiro atoms. The molecule has 0 bridgehead atoms. The van der Waals surface area contributed by atoms with Gasteiger partial charge in [0.2, 0.25) is 0 Å². The molecule has 0 unspecified atom stereocenters. The third-order valence-electron chi connectivity index (χ3n) is 4.86. The lowest BCUT2D eigenvalue weighted by Crippen LogP contribution is -2.37. The molecule has 7 heteroatoms. The molecular weight excluding hydrogens is 366 g/mol. The first-order valence-corrected chi connectivity index (χ1v) is 9.35. The van der Waals surface area contributed by atoms with Crippen molar-refractivity contribution in [1.82, 2.24) is 10.3 Å². The van der Waals surface area contributed by atoms with Crippen LogP contribution in [0.15, 0.2) is 23.0 Å². The molecule has 2 aromatic rings.